The average Bonchev–Trinajstić information content (AvgIpc) is 3.28. The second-order valence-electron chi connectivity index (χ2n) is 8.99. The lowest BCUT2D eigenvalue weighted by Gasteiger charge is -2.20. The molecule has 36 heavy (non-hydrogen) atoms. The summed E-state index contributed by atoms with van der Waals surface area (Å²) in [5.74, 6) is -0.552. The third kappa shape index (κ3) is 5.00. The largest absolute Gasteiger partial charge is 0.348 e. The third-order valence-corrected chi connectivity index (χ3v) is 6.28. The van der Waals surface area contributed by atoms with Gasteiger partial charge in [0.2, 0.25) is 5.43 Å². The Morgan fingerprint density at radius 1 is 1.11 bits per heavy atom. The van der Waals surface area contributed by atoms with E-state index in [0.717, 1.165) is 11.3 Å². The van der Waals surface area contributed by atoms with Gasteiger partial charge in [-0.1, -0.05) is 30.3 Å². The van der Waals surface area contributed by atoms with E-state index in [0.29, 0.717) is 24.3 Å². The molecule has 0 atom stereocenters. The first-order valence-electron chi connectivity index (χ1n) is 11.7. The van der Waals surface area contributed by atoms with Crippen LogP contribution in [-0.4, -0.2) is 29.6 Å². The molecule has 0 saturated carbocycles. The van der Waals surface area contributed by atoms with E-state index in [-0.39, 0.29) is 35.3 Å². The van der Waals surface area contributed by atoms with Gasteiger partial charge in [0.15, 0.2) is 0 Å². The highest BCUT2D eigenvalue weighted by Crippen LogP contribution is 2.27. The average molecular weight is 495 g/mol. The Morgan fingerprint density at radius 2 is 1.83 bits per heavy atom. The van der Waals surface area contributed by atoms with Crippen molar-refractivity contribution in [3.63, 3.8) is 0 Å². The second kappa shape index (κ2) is 10.3. The second-order valence-corrected chi connectivity index (χ2v) is 8.99. The lowest BCUT2D eigenvalue weighted by molar-refractivity contribution is 0.0949. The van der Waals surface area contributed by atoms with Crippen LogP contribution in [0.25, 0.3) is 11.1 Å². The molecule has 1 aliphatic heterocycles. The fourth-order valence-corrected chi connectivity index (χ4v) is 4.38. The number of alkyl halides is 2. The van der Waals surface area contributed by atoms with Crippen LogP contribution in [0.4, 0.5) is 19.3 Å². The molecule has 1 saturated heterocycles. The van der Waals surface area contributed by atoms with Crippen molar-refractivity contribution in [3.8, 4) is 11.1 Å². The zero-order valence-electron chi connectivity index (χ0n) is 20.3. The fourth-order valence-electron chi connectivity index (χ4n) is 4.38. The van der Waals surface area contributed by atoms with Gasteiger partial charge >= 0.3 is 6.03 Å². The molecule has 0 radical (unpaired) electrons. The summed E-state index contributed by atoms with van der Waals surface area (Å²) >= 11 is 0. The summed E-state index contributed by atoms with van der Waals surface area (Å²) < 4.78 is 28.4. The molecule has 3 aromatic rings. The van der Waals surface area contributed by atoms with Crippen LogP contribution in [-0.2, 0) is 6.54 Å². The first kappa shape index (κ1) is 25.1. The van der Waals surface area contributed by atoms with E-state index in [2.05, 4.69) is 10.6 Å². The molecule has 9 heteroatoms. The fraction of sp³-hybridized carbons (Fsp3) is 0.296. The Bertz CT molecular complexity index is 1350. The minimum absolute atomic E-state index is 0.0582. The van der Waals surface area contributed by atoms with Crippen LogP contribution in [0, 0.1) is 6.92 Å². The SMILES string of the molecule is Cc1c(-c2cccc(C(F)F)c2)c(=O)c(C(=O)NCc2ccc(N3CCNC3=O)cc2)cn1C(C)C. The van der Waals surface area contributed by atoms with Gasteiger partial charge in [-0.25, -0.2) is 13.6 Å². The van der Waals surface area contributed by atoms with Gasteiger partial charge in [0, 0.05) is 54.4 Å². The van der Waals surface area contributed by atoms with Crippen LogP contribution in [0.5, 0.6) is 0 Å². The molecule has 7 nitrogen and oxygen atoms in total. The Hall–Kier alpha value is -4.01. The van der Waals surface area contributed by atoms with Gasteiger partial charge in [0.05, 0.1) is 0 Å². The van der Waals surface area contributed by atoms with Crippen LogP contribution in [0.2, 0.25) is 0 Å². The van der Waals surface area contributed by atoms with E-state index in [1.807, 2.05) is 26.0 Å². The number of nitrogens with zero attached hydrogens (tertiary/aromatic N) is 2. The van der Waals surface area contributed by atoms with Crippen molar-refractivity contribution in [1.29, 1.82) is 0 Å². The molecule has 1 fully saturated rings. The summed E-state index contributed by atoms with van der Waals surface area (Å²) in [6, 6.07) is 12.7. The van der Waals surface area contributed by atoms with Crippen LogP contribution in [0.1, 0.15) is 53.5 Å². The van der Waals surface area contributed by atoms with Crippen molar-refractivity contribution in [2.24, 2.45) is 0 Å². The van der Waals surface area contributed by atoms with E-state index in [4.69, 9.17) is 0 Å². The number of carbonyl (C=O) groups is 2. The van der Waals surface area contributed by atoms with Gasteiger partial charge in [-0.15, -0.1) is 0 Å². The molecular weight excluding hydrogens is 466 g/mol. The maximum atomic E-state index is 13.4. The van der Waals surface area contributed by atoms with Gasteiger partial charge in [-0.3, -0.25) is 14.5 Å². The highest BCUT2D eigenvalue weighted by Gasteiger charge is 2.22. The minimum Gasteiger partial charge on any atom is -0.348 e. The van der Waals surface area contributed by atoms with Gasteiger partial charge in [0.25, 0.3) is 12.3 Å². The van der Waals surface area contributed by atoms with Crippen molar-refractivity contribution >= 4 is 17.6 Å². The number of urea groups is 1. The monoisotopic (exact) mass is 494 g/mol. The predicted molar refractivity (Wildman–Crippen MR) is 135 cm³/mol. The molecule has 0 spiro atoms. The number of pyridine rings is 1. The molecule has 1 aromatic heterocycles. The molecule has 2 heterocycles. The lowest BCUT2D eigenvalue weighted by Crippen LogP contribution is -2.31. The molecule has 2 N–H and O–H groups in total. The highest BCUT2D eigenvalue weighted by molar-refractivity contribution is 5.95. The summed E-state index contributed by atoms with van der Waals surface area (Å²) in [6.07, 6.45) is -1.15. The van der Waals surface area contributed by atoms with Crippen LogP contribution in [0.3, 0.4) is 0 Å². The summed E-state index contributed by atoms with van der Waals surface area (Å²) in [5.41, 5.74) is 1.97. The first-order valence-corrected chi connectivity index (χ1v) is 11.7. The number of benzene rings is 2. The van der Waals surface area contributed by atoms with Gasteiger partial charge < -0.3 is 15.2 Å². The normalized spacial score (nSPS) is 13.4. The lowest BCUT2D eigenvalue weighted by atomic mass is 9.98. The Morgan fingerprint density at radius 3 is 2.44 bits per heavy atom. The zero-order valence-corrected chi connectivity index (χ0v) is 20.3. The molecule has 1 aliphatic rings. The number of aromatic nitrogens is 1. The topological polar surface area (TPSA) is 83.4 Å². The maximum Gasteiger partial charge on any atom is 0.321 e. The molecular formula is C27H28F2N4O3. The van der Waals surface area contributed by atoms with Crippen molar-refractivity contribution in [1.82, 2.24) is 15.2 Å². The Balaban J connectivity index is 1.61. The van der Waals surface area contributed by atoms with E-state index < -0.39 is 17.8 Å². The van der Waals surface area contributed by atoms with Crippen LogP contribution in [0.15, 0.2) is 59.5 Å². The summed E-state index contributed by atoms with van der Waals surface area (Å²) in [5, 5.41) is 5.53. The van der Waals surface area contributed by atoms with Crippen molar-refractivity contribution in [2.45, 2.75) is 39.8 Å². The van der Waals surface area contributed by atoms with Gasteiger partial charge in [-0.2, -0.15) is 0 Å². The van der Waals surface area contributed by atoms with Crippen LogP contribution < -0.4 is 21.0 Å². The third-order valence-electron chi connectivity index (χ3n) is 6.28. The zero-order chi connectivity index (χ0) is 26.0. The molecule has 0 bridgehead atoms. The Kier molecular flexibility index (Phi) is 7.19. The standard InChI is InChI=1S/C27H28F2N4O3/c1-16(2)33-15-22(24(34)23(17(33)3)19-5-4-6-20(13-19)25(28)29)26(35)31-14-18-7-9-21(10-8-18)32-12-11-30-27(32)36/h4-10,13,15-16,25H,11-12,14H2,1-3H3,(H,30,36)(H,31,35). The highest BCUT2D eigenvalue weighted by atomic mass is 19.3. The number of hydrogen-bond acceptors (Lipinski definition) is 3. The molecule has 4 rings (SSSR count). The summed E-state index contributed by atoms with van der Waals surface area (Å²) in [6.45, 7) is 6.94. The number of hydrogen-bond donors (Lipinski definition) is 2. The number of anilines is 1. The van der Waals surface area contributed by atoms with Crippen molar-refractivity contribution in [3.05, 3.63) is 87.3 Å². The van der Waals surface area contributed by atoms with E-state index >= 15 is 0 Å². The number of halogens is 2. The maximum absolute atomic E-state index is 13.4. The molecule has 188 valence electrons. The summed E-state index contributed by atoms with van der Waals surface area (Å²) in [4.78, 5) is 40.0. The van der Waals surface area contributed by atoms with Crippen molar-refractivity contribution < 1.29 is 18.4 Å². The Labute approximate surface area is 207 Å². The molecule has 2 aromatic carbocycles. The number of carbonyl (C=O) groups excluding carboxylic acids is 2. The molecule has 0 aliphatic carbocycles. The van der Waals surface area contributed by atoms with Gasteiger partial charge in [0.1, 0.15) is 5.56 Å². The van der Waals surface area contributed by atoms with E-state index in [1.54, 1.807) is 34.6 Å². The quantitative estimate of drug-likeness (QED) is 0.495. The molecule has 0 unspecified atom stereocenters. The first-order chi connectivity index (χ1) is 17.2. The van der Waals surface area contributed by atoms with Crippen LogP contribution >= 0.6 is 0 Å². The predicted octanol–water partition coefficient (Wildman–Crippen LogP) is 4.80. The van der Waals surface area contributed by atoms with Gasteiger partial charge in [-0.05, 0) is 50.1 Å². The minimum atomic E-state index is -2.67. The smallest absolute Gasteiger partial charge is 0.321 e. The summed E-state index contributed by atoms with van der Waals surface area (Å²) in [7, 11) is 0. The number of rotatable bonds is 7. The van der Waals surface area contributed by atoms with E-state index in [1.165, 1.54) is 24.4 Å². The van der Waals surface area contributed by atoms with Crippen molar-refractivity contribution in [2.75, 3.05) is 18.0 Å². The molecule has 3 amide bonds. The van der Waals surface area contributed by atoms with E-state index in [9.17, 15) is 23.2 Å². The number of amides is 3. The number of nitrogens with one attached hydrogen (secondary N) is 2.